The molecule has 0 saturated heterocycles. The van der Waals surface area contributed by atoms with Crippen molar-refractivity contribution in [2.24, 2.45) is 5.73 Å². The van der Waals surface area contributed by atoms with Crippen LogP contribution in [0.1, 0.15) is 25.1 Å². The number of nitrogens with zero attached hydrogens (tertiary/aromatic N) is 3. The van der Waals surface area contributed by atoms with Crippen molar-refractivity contribution in [2.75, 3.05) is 5.32 Å². The number of anilines is 1. The van der Waals surface area contributed by atoms with Gasteiger partial charge in [0.25, 0.3) is 0 Å². The van der Waals surface area contributed by atoms with E-state index >= 15 is 0 Å². The molecule has 1 unspecified atom stereocenters. The van der Waals surface area contributed by atoms with Crippen LogP contribution in [0.25, 0.3) is 0 Å². The quantitative estimate of drug-likeness (QED) is 0.866. The second-order valence-electron chi connectivity index (χ2n) is 4.47. The first kappa shape index (κ1) is 14.1. The first-order valence-corrected chi connectivity index (χ1v) is 6.26. The molecule has 0 aliphatic rings. The highest BCUT2D eigenvalue weighted by atomic mass is 19.1. The molecule has 1 heterocycles. The van der Waals surface area contributed by atoms with Crippen LogP contribution in [0.15, 0.2) is 30.5 Å². The van der Waals surface area contributed by atoms with Crippen LogP contribution in [0.5, 0.6) is 0 Å². The maximum absolute atomic E-state index is 13.3. The van der Waals surface area contributed by atoms with E-state index in [2.05, 4.69) is 15.6 Å². The minimum Gasteiger partial charge on any atom is -0.324 e. The zero-order valence-electron chi connectivity index (χ0n) is 11.1. The number of carbonyl (C=O) groups is 1. The van der Waals surface area contributed by atoms with E-state index in [0.29, 0.717) is 12.2 Å². The summed E-state index contributed by atoms with van der Waals surface area (Å²) in [5, 5.41) is 10.3. The molecular weight excluding hydrogens is 261 g/mol. The van der Waals surface area contributed by atoms with Crippen LogP contribution in [0.3, 0.4) is 0 Å². The van der Waals surface area contributed by atoms with E-state index in [9.17, 15) is 9.18 Å². The van der Waals surface area contributed by atoms with Gasteiger partial charge in [-0.2, -0.15) is 0 Å². The number of aryl methyl sites for hydroxylation is 1. The smallest absolute Gasteiger partial charge is 0.226 e. The number of hydrogen-bond acceptors (Lipinski definition) is 4. The third-order valence-corrected chi connectivity index (χ3v) is 2.74. The lowest BCUT2D eigenvalue weighted by Gasteiger charge is -2.05. The van der Waals surface area contributed by atoms with Crippen LogP contribution >= 0.6 is 0 Å². The lowest BCUT2D eigenvalue weighted by molar-refractivity contribution is -0.116. The van der Waals surface area contributed by atoms with Crippen LogP contribution in [-0.2, 0) is 11.3 Å². The molecule has 0 bridgehead atoms. The number of carbonyl (C=O) groups excluding carboxylic acids is 1. The first-order valence-electron chi connectivity index (χ1n) is 6.26. The second-order valence-corrected chi connectivity index (χ2v) is 4.47. The highest BCUT2D eigenvalue weighted by Crippen LogP contribution is 2.12. The number of rotatable bonds is 5. The Morgan fingerprint density at radius 1 is 1.50 bits per heavy atom. The Morgan fingerprint density at radius 2 is 2.25 bits per heavy atom. The van der Waals surface area contributed by atoms with Gasteiger partial charge in [0.05, 0.1) is 24.1 Å². The van der Waals surface area contributed by atoms with Gasteiger partial charge < -0.3 is 11.1 Å². The number of aromatic nitrogens is 3. The van der Waals surface area contributed by atoms with Crippen molar-refractivity contribution >= 4 is 11.6 Å². The zero-order valence-corrected chi connectivity index (χ0v) is 11.1. The maximum Gasteiger partial charge on any atom is 0.226 e. The molecule has 0 spiro atoms. The lowest BCUT2D eigenvalue weighted by atomic mass is 10.3. The number of nitrogens with two attached hydrogens (primary N) is 1. The summed E-state index contributed by atoms with van der Waals surface area (Å²) in [4.78, 5) is 11.7. The first-order chi connectivity index (χ1) is 9.56. The van der Waals surface area contributed by atoms with Gasteiger partial charge in [0.15, 0.2) is 0 Å². The van der Waals surface area contributed by atoms with Crippen molar-refractivity contribution in [3.05, 3.63) is 42.0 Å². The average Bonchev–Trinajstić information content (AvgIpc) is 2.88. The lowest BCUT2D eigenvalue weighted by Crippen LogP contribution is -2.15. The van der Waals surface area contributed by atoms with E-state index in [0.717, 1.165) is 0 Å². The fourth-order valence-corrected chi connectivity index (χ4v) is 1.62. The Kier molecular flexibility index (Phi) is 4.41. The monoisotopic (exact) mass is 277 g/mol. The van der Waals surface area contributed by atoms with E-state index in [1.54, 1.807) is 29.9 Å². The molecule has 7 heteroatoms. The van der Waals surface area contributed by atoms with Gasteiger partial charge in [0.1, 0.15) is 5.82 Å². The number of para-hydroxylation sites is 1. The summed E-state index contributed by atoms with van der Waals surface area (Å²) in [5.74, 6) is -0.742. The summed E-state index contributed by atoms with van der Waals surface area (Å²) in [6, 6.07) is 5.83. The van der Waals surface area contributed by atoms with Gasteiger partial charge in [-0.25, -0.2) is 4.39 Å². The van der Waals surface area contributed by atoms with Crippen LogP contribution in [0.4, 0.5) is 10.1 Å². The average molecular weight is 277 g/mol. The number of nitrogens with one attached hydrogen (secondary N) is 1. The van der Waals surface area contributed by atoms with Gasteiger partial charge in [0.2, 0.25) is 5.91 Å². The van der Waals surface area contributed by atoms with Crippen molar-refractivity contribution in [1.29, 1.82) is 0 Å². The molecule has 1 aromatic heterocycles. The van der Waals surface area contributed by atoms with Gasteiger partial charge in [-0.05, 0) is 19.1 Å². The molecule has 20 heavy (non-hydrogen) atoms. The molecule has 2 aromatic rings. The Hall–Kier alpha value is -2.28. The fourth-order valence-electron chi connectivity index (χ4n) is 1.62. The van der Waals surface area contributed by atoms with E-state index in [1.807, 2.05) is 0 Å². The summed E-state index contributed by atoms with van der Waals surface area (Å²) in [6.07, 6.45) is 1.87. The molecular formula is C13H16FN5O. The molecule has 2 rings (SSSR count). The number of amides is 1. The van der Waals surface area contributed by atoms with Crippen molar-refractivity contribution in [2.45, 2.75) is 25.9 Å². The Balaban J connectivity index is 1.87. The third-order valence-electron chi connectivity index (χ3n) is 2.74. The van der Waals surface area contributed by atoms with Gasteiger partial charge in [0, 0.05) is 12.5 Å². The number of benzene rings is 1. The molecule has 0 aliphatic carbocycles. The van der Waals surface area contributed by atoms with Crippen LogP contribution in [-0.4, -0.2) is 20.9 Å². The molecule has 0 fully saturated rings. The predicted molar refractivity (Wildman–Crippen MR) is 72.3 cm³/mol. The van der Waals surface area contributed by atoms with Gasteiger partial charge >= 0.3 is 0 Å². The van der Waals surface area contributed by atoms with Crippen molar-refractivity contribution in [3.63, 3.8) is 0 Å². The Morgan fingerprint density at radius 3 is 2.90 bits per heavy atom. The molecule has 0 saturated carbocycles. The summed E-state index contributed by atoms with van der Waals surface area (Å²) < 4.78 is 14.9. The van der Waals surface area contributed by atoms with Gasteiger partial charge in [-0.3, -0.25) is 9.48 Å². The van der Waals surface area contributed by atoms with E-state index in [4.69, 9.17) is 5.73 Å². The largest absolute Gasteiger partial charge is 0.324 e. The molecule has 0 aliphatic heterocycles. The Labute approximate surface area is 115 Å². The number of halogens is 1. The standard InChI is InChI=1S/C13H16FN5O/c1-9(15)12-8-19(18-17-12)7-6-13(20)16-11-5-3-2-4-10(11)14/h2-5,8-9H,6-7,15H2,1H3,(H,16,20). The SMILES string of the molecule is CC(N)c1cn(CCC(=O)Nc2ccccc2F)nn1. The highest BCUT2D eigenvalue weighted by Gasteiger charge is 2.08. The number of hydrogen-bond donors (Lipinski definition) is 2. The maximum atomic E-state index is 13.3. The zero-order chi connectivity index (χ0) is 14.5. The molecule has 6 nitrogen and oxygen atoms in total. The fraction of sp³-hybridized carbons (Fsp3) is 0.308. The molecule has 1 amide bonds. The van der Waals surface area contributed by atoms with E-state index in [1.165, 1.54) is 12.1 Å². The molecule has 1 atom stereocenters. The molecule has 3 N–H and O–H groups in total. The summed E-state index contributed by atoms with van der Waals surface area (Å²) in [5.41, 5.74) is 6.50. The normalized spacial score (nSPS) is 12.2. The molecule has 106 valence electrons. The minimum atomic E-state index is -0.458. The van der Waals surface area contributed by atoms with E-state index in [-0.39, 0.29) is 24.1 Å². The van der Waals surface area contributed by atoms with Crippen LogP contribution < -0.4 is 11.1 Å². The van der Waals surface area contributed by atoms with Crippen LogP contribution in [0, 0.1) is 5.82 Å². The summed E-state index contributed by atoms with van der Waals surface area (Å²) in [6.45, 7) is 2.17. The summed E-state index contributed by atoms with van der Waals surface area (Å²) in [7, 11) is 0. The van der Waals surface area contributed by atoms with Crippen LogP contribution in [0.2, 0.25) is 0 Å². The highest BCUT2D eigenvalue weighted by molar-refractivity contribution is 5.90. The van der Waals surface area contributed by atoms with Crippen molar-refractivity contribution < 1.29 is 9.18 Å². The van der Waals surface area contributed by atoms with Gasteiger partial charge in [-0.1, -0.05) is 17.3 Å². The summed E-state index contributed by atoms with van der Waals surface area (Å²) >= 11 is 0. The van der Waals surface area contributed by atoms with Crippen molar-refractivity contribution in [3.8, 4) is 0 Å². The minimum absolute atomic E-state index is 0.173. The van der Waals surface area contributed by atoms with E-state index < -0.39 is 5.82 Å². The molecule has 0 radical (unpaired) electrons. The second kappa shape index (κ2) is 6.25. The molecule has 1 aromatic carbocycles. The van der Waals surface area contributed by atoms with Crippen molar-refractivity contribution in [1.82, 2.24) is 15.0 Å². The van der Waals surface area contributed by atoms with Gasteiger partial charge in [-0.15, -0.1) is 5.10 Å². The third kappa shape index (κ3) is 3.61. The Bertz CT molecular complexity index is 596. The predicted octanol–water partition coefficient (Wildman–Crippen LogP) is 1.47. The topological polar surface area (TPSA) is 85.8 Å².